The molecule has 0 aliphatic carbocycles. The van der Waals surface area contributed by atoms with Gasteiger partial charge in [0.05, 0.1) is 10.4 Å². The van der Waals surface area contributed by atoms with Gasteiger partial charge in [0.25, 0.3) is 0 Å². The van der Waals surface area contributed by atoms with Crippen LogP contribution in [0, 0.1) is 6.92 Å². The first-order valence-electron chi connectivity index (χ1n) is 8.10. The topological polar surface area (TPSA) is 72.0 Å². The van der Waals surface area contributed by atoms with Crippen LogP contribution >= 0.6 is 0 Å². The molecule has 0 saturated carbocycles. The van der Waals surface area contributed by atoms with Crippen molar-refractivity contribution in [3.8, 4) is 0 Å². The fourth-order valence-corrected chi connectivity index (χ4v) is 3.48. The normalized spacial score (nSPS) is 12.9. The summed E-state index contributed by atoms with van der Waals surface area (Å²) in [7, 11) is -3.28. The van der Waals surface area contributed by atoms with E-state index in [0.29, 0.717) is 16.7 Å². The minimum atomic E-state index is -3.28. The molecule has 1 unspecified atom stereocenters. The minimum absolute atomic E-state index is 0.140. The predicted molar refractivity (Wildman–Crippen MR) is 101 cm³/mol. The molecule has 6 heteroatoms. The third-order valence-electron chi connectivity index (χ3n) is 4.21. The van der Waals surface area contributed by atoms with Gasteiger partial charge in [-0.2, -0.15) is 0 Å². The summed E-state index contributed by atoms with van der Waals surface area (Å²) in [6.45, 7) is 4.18. The van der Waals surface area contributed by atoms with Crippen LogP contribution in [0.15, 0.2) is 53.7 Å². The Morgan fingerprint density at radius 3 is 2.60 bits per heavy atom. The Bertz CT molecular complexity index is 1020. The van der Waals surface area contributed by atoms with Crippen LogP contribution in [0.1, 0.15) is 18.1 Å². The summed E-state index contributed by atoms with van der Waals surface area (Å²) in [4.78, 5) is 8.81. The third kappa shape index (κ3) is 3.96. The number of benzene rings is 2. The van der Waals surface area contributed by atoms with Gasteiger partial charge in [0.2, 0.25) is 0 Å². The maximum Gasteiger partial charge on any atom is 0.175 e. The number of aromatic nitrogens is 2. The maximum atomic E-state index is 11.8. The lowest BCUT2D eigenvalue weighted by molar-refractivity contribution is 0.602. The summed E-state index contributed by atoms with van der Waals surface area (Å²) >= 11 is 0. The van der Waals surface area contributed by atoms with Crippen molar-refractivity contribution in [1.29, 1.82) is 0 Å². The van der Waals surface area contributed by atoms with Crippen molar-refractivity contribution in [1.82, 2.24) is 9.97 Å². The number of nitrogens with zero attached hydrogens (tertiary/aromatic N) is 2. The van der Waals surface area contributed by atoms with Crippen molar-refractivity contribution in [2.45, 2.75) is 31.2 Å². The van der Waals surface area contributed by atoms with E-state index in [1.165, 1.54) is 23.7 Å². The predicted octanol–water partition coefficient (Wildman–Crippen LogP) is 3.38. The zero-order valence-corrected chi connectivity index (χ0v) is 15.3. The molecule has 25 heavy (non-hydrogen) atoms. The Hall–Kier alpha value is -2.47. The first-order valence-corrected chi connectivity index (χ1v) is 9.99. The Morgan fingerprint density at radius 2 is 1.88 bits per heavy atom. The first kappa shape index (κ1) is 17.4. The number of sulfone groups is 1. The molecule has 0 saturated heterocycles. The van der Waals surface area contributed by atoms with Gasteiger partial charge >= 0.3 is 0 Å². The quantitative estimate of drug-likeness (QED) is 0.759. The van der Waals surface area contributed by atoms with Crippen LogP contribution in [0.2, 0.25) is 0 Å². The Labute approximate surface area is 148 Å². The fraction of sp³-hybridized carbons (Fsp3) is 0.263. The summed E-state index contributed by atoms with van der Waals surface area (Å²) in [5.41, 5.74) is 3.24. The SMILES string of the molecule is Cc1ccccc1CC(C)Nc1ncnc2ccc(S(C)(=O)=O)cc12. The Balaban J connectivity index is 1.91. The van der Waals surface area contributed by atoms with E-state index in [0.717, 1.165) is 6.42 Å². The van der Waals surface area contributed by atoms with E-state index in [1.54, 1.807) is 18.2 Å². The third-order valence-corrected chi connectivity index (χ3v) is 5.32. The molecular weight excluding hydrogens is 334 g/mol. The summed E-state index contributed by atoms with van der Waals surface area (Å²) in [6.07, 6.45) is 3.54. The van der Waals surface area contributed by atoms with Gasteiger partial charge in [0, 0.05) is 17.7 Å². The number of aryl methyl sites for hydroxylation is 1. The Kier molecular flexibility index (Phi) is 4.72. The van der Waals surface area contributed by atoms with Crippen molar-refractivity contribution in [3.63, 3.8) is 0 Å². The second-order valence-electron chi connectivity index (χ2n) is 6.35. The van der Waals surface area contributed by atoms with E-state index >= 15 is 0 Å². The van der Waals surface area contributed by atoms with E-state index in [-0.39, 0.29) is 10.9 Å². The Morgan fingerprint density at radius 1 is 1.12 bits per heavy atom. The van der Waals surface area contributed by atoms with Crippen LogP contribution in [-0.2, 0) is 16.3 Å². The largest absolute Gasteiger partial charge is 0.367 e. The van der Waals surface area contributed by atoms with Crippen LogP contribution in [0.4, 0.5) is 5.82 Å². The standard InChI is InChI=1S/C19H21N3O2S/c1-13-6-4-5-7-15(13)10-14(2)22-19-17-11-16(25(3,23)24)8-9-18(17)20-12-21-19/h4-9,11-12,14H,10H2,1-3H3,(H,20,21,22). The monoisotopic (exact) mass is 355 g/mol. The van der Waals surface area contributed by atoms with Crippen molar-refractivity contribution >= 4 is 26.6 Å². The molecule has 1 heterocycles. The van der Waals surface area contributed by atoms with Gasteiger partial charge < -0.3 is 5.32 Å². The molecule has 0 aliphatic rings. The zero-order chi connectivity index (χ0) is 18.0. The van der Waals surface area contributed by atoms with Crippen molar-refractivity contribution in [3.05, 3.63) is 59.9 Å². The molecule has 2 aromatic carbocycles. The molecule has 1 atom stereocenters. The van der Waals surface area contributed by atoms with Gasteiger partial charge in [-0.3, -0.25) is 0 Å². The minimum Gasteiger partial charge on any atom is -0.367 e. The van der Waals surface area contributed by atoms with Gasteiger partial charge in [-0.15, -0.1) is 0 Å². The molecule has 0 fully saturated rings. The molecule has 130 valence electrons. The second kappa shape index (κ2) is 6.80. The lowest BCUT2D eigenvalue weighted by Crippen LogP contribution is -2.19. The number of rotatable bonds is 5. The van der Waals surface area contributed by atoms with Crippen molar-refractivity contribution < 1.29 is 8.42 Å². The molecule has 5 nitrogen and oxygen atoms in total. The van der Waals surface area contributed by atoms with E-state index in [4.69, 9.17) is 0 Å². The second-order valence-corrected chi connectivity index (χ2v) is 8.37. The van der Waals surface area contributed by atoms with E-state index < -0.39 is 9.84 Å². The molecule has 0 amide bonds. The summed E-state index contributed by atoms with van der Waals surface area (Å²) in [5, 5.41) is 4.10. The molecule has 0 radical (unpaired) electrons. The van der Waals surface area contributed by atoms with Gasteiger partial charge in [-0.1, -0.05) is 24.3 Å². The van der Waals surface area contributed by atoms with Crippen LogP contribution in [-0.4, -0.2) is 30.7 Å². The van der Waals surface area contributed by atoms with E-state index in [2.05, 4.69) is 41.3 Å². The molecule has 1 aromatic heterocycles. The molecule has 0 aliphatic heterocycles. The number of hydrogen-bond acceptors (Lipinski definition) is 5. The molecular formula is C19H21N3O2S. The number of anilines is 1. The van der Waals surface area contributed by atoms with Gasteiger partial charge in [0.1, 0.15) is 12.1 Å². The lowest BCUT2D eigenvalue weighted by atomic mass is 10.0. The zero-order valence-electron chi connectivity index (χ0n) is 14.5. The van der Waals surface area contributed by atoms with Gasteiger partial charge in [0.15, 0.2) is 9.84 Å². The summed E-state index contributed by atoms with van der Waals surface area (Å²) < 4.78 is 23.7. The van der Waals surface area contributed by atoms with Crippen LogP contribution in [0.5, 0.6) is 0 Å². The van der Waals surface area contributed by atoms with Crippen LogP contribution in [0.25, 0.3) is 10.9 Å². The van der Waals surface area contributed by atoms with Gasteiger partial charge in [-0.05, 0) is 49.6 Å². The van der Waals surface area contributed by atoms with E-state index in [9.17, 15) is 8.42 Å². The molecule has 3 aromatic rings. The van der Waals surface area contributed by atoms with Crippen molar-refractivity contribution in [2.24, 2.45) is 0 Å². The van der Waals surface area contributed by atoms with Crippen LogP contribution in [0.3, 0.4) is 0 Å². The lowest BCUT2D eigenvalue weighted by Gasteiger charge is -2.17. The van der Waals surface area contributed by atoms with Gasteiger partial charge in [-0.25, -0.2) is 18.4 Å². The highest BCUT2D eigenvalue weighted by Gasteiger charge is 2.13. The average Bonchev–Trinajstić information content (AvgIpc) is 2.56. The molecule has 0 bridgehead atoms. The molecule has 1 N–H and O–H groups in total. The van der Waals surface area contributed by atoms with E-state index in [1.807, 2.05) is 12.1 Å². The maximum absolute atomic E-state index is 11.8. The average molecular weight is 355 g/mol. The molecule has 3 rings (SSSR count). The summed E-state index contributed by atoms with van der Waals surface area (Å²) in [5.74, 6) is 0.650. The summed E-state index contributed by atoms with van der Waals surface area (Å²) in [6, 6.07) is 13.3. The number of hydrogen-bond donors (Lipinski definition) is 1. The smallest absolute Gasteiger partial charge is 0.175 e. The highest BCUT2D eigenvalue weighted by atomic mass is 32.2. The number of fused-ring (bicyclic) bond motifs is 1. The highest BCUT2D eigenvalue weighted by molar-refractivity contribution is 7.90. The first-order chi connectivity index (χ1) is 11.8. The van der Waals surface area contributed by atoms with Crippen molar-refractivity contribution in [2.75, 3.05) is 11.6 Å². The fourth-order valence-electron chi connectivity index (χ4n) is 2.83. The number of nitrogens with one attached hydrogen (secondary N) is 1. The highest BCUT2D eigenvalue weighted by Crippen LogP contribution is 2.24. The van der Waals surface area contributed by atoms with Crippen LogP contribution < -0.4 is 5.32 Å². The molecule has 0 spiro atoms.